The van der Waals surface area contributed by atoms with Crippen molar-refractivity contribution in [2.75, 3.05) is 13.1 Å². The Kier molecular flexibility index (Phi) is 4.47. The minimum Gasteiger partial charge on any atom is -0.338 e. The molecule has 2 aromatic rings. The smallest absolute Gasteiger partial charge is 0.253 e. The van der Waals surface area contributed by atoms with Crippen molar-refractivity contribution >= 4 is 5.91 Å². The number of pyridine rings is 1. The van der Waals surface area contributed by atoms with Gasteiger partial charge in [0.15, 0.2) is 0 Å². The molecule has 4 rings (SSSR count). The monoisotopic (exact) mass is 336 g/mol. The molecule has 1 saturated carbocycles. The number of aromatic nitrogens is 3. The summed E-state index contributed by atoms with van der Waals surface area (Å²) in [7, 11) is 0. The van der Waals surface area contributed by atoms with Crippen LogP contribution in [0.15, 0.2) is 36.8 Å². The highest BCUT2D eigenvalue weighted by Crippen LogP contribution is 2.41. The Labute approximate surface area is 148 Å². The van der Waals surface area contributed by atoms with Gasteiger partial charge in [0, 0.05) is 42.9 Å². The number of nitrogens with zero attached hydrogens (tertiary/aromatic N) is 4. The van der Waals surface area contributed by atoms with Gasteiger partial charge in [0.05, 0.1) is 0 Å². The van der Waals surface area contributed by atoms with E-state index in [1.807, 2.05) is 36.2 Å². The molecule has 3 heterocycles. The van der Waals surface area contributed by atoms with Gasteiger partial charge in [-0.25, -0.2) is 9.97 Å². The van der Waals surface area contributed by atoms with E-state index in [0.29, 0.717) is 17.8 Å². The largest absolute Gasteiger partial charge is 0.338 e. The summed E-state index contributed by atoms with van der Waals surface area (Å²) in [4.78, 5) is 27.6. The molecule has 130 valence electrons. The van der Waals surface area contributed by atoms with Crippen LogP contribution in [0.5, 0.6) is 0 Å². The molecule has 0 bridgehead atoms. The molecule has 3 atom stereocenters. The van der Waals surface area contributed by atoms with Crippen molar-refractivity contribution in [2.24, 2.45) is 17.8 Å². The summed E-state index contributed by atoms with van der Waals surface area (Å²) in [6.45, 7) is 3.71. The fourth-order valence-corrected chi connectivity index (χ4v) is 4.58. The Morgan fingerprint density at radius 3 is 2.80 bits per heavy atom. The number of likely N-dealkylation sites (tertiary alicyclic amines) is 1. The zero-order chi connectivity index (χ0) is 17.2. The molecule has 1 saturated heterocycles. The van der Waals surface area contributed by atoms with Gasteiger partial charge >= 0.3 is 0 Å². The normalized spacial score (nSPS) is 25.6. The van der Waals surface area contributed by atoms with Gasteiger partial charge in [-0.15, -0.1) is 0 Å². The van der Waals surface area contributed by atoms with E-state index in [-0.39, 0.29) is 5.91 Å². The number of carbonyl (C=O) groups is 1. The zero-order valence-electron chi connectivity index (χ0n) is 14.6. The van der Waals surface area contributed by atoms with Crippen LogP contribution in [0.3, 0.4) is 0 Å². The average molecular weight is 336 g/mol. The maximum atomic E-state index is 12.8. The van der Waals surface area contributed by atoms with Crippen LogP contribution in [-0.4, -0.2) is 38.8 Å². The standard InChI is InChI=1S/C20H24N4O/c1-14-22-10-7-18(23-14)11-16-3-2-4-17-12-24(13-19(16)17)20(25)15-5-8-21-9-6-15/h5-10,16-17,19H,2-4,11-13H2,1H3/t16-,17-,19-/m1/s1. The Bertz CT molecular complexity index is 748. The molecule has 1 aliphatic carbocycles. The van der Waals surface area contributed by atoms with Crippen molar-refractivity contribution in [1.82, 2.24) is 19.9 Å². The molecule has 0 N–H and O–H groups in total. The van der Waals surface area contributed by atoms with E-state index >= 15 is 0 Å². The average Bonchev–Trinajstić information content (AvgIpc) is 3.07. The highest BCUT2D eigenvalue weighted by atomic mass is 16.2. The maximum absolute atomic E-state index is 12.8. The first-order valence-electron chi connectivity index (χ1n) is 9.18. The summed E-state index contributed by atoms with van der Waals surface area (Å²) < 4.78 is 0. The number of hydrogen-bond acceptors (Lipinski definition) is 4. The third-order valence-corrected chi connectivity index (χ3v) is 5.77. The molecular weight excluding hydrogens is 312 g/mol. The van der Waals surface area contributed by atoms with E-state index in [4.69, 9.17) is 0 Å². The lowest BCUT2D eigenvalue weighted by molar-refractivity contribution is 0.0781. The fraction of sp³-hybridized carbons (Fsp3) is 0.500. The Morgan fingerprint density at radius 2 is 2.00 bits per heavy atom. The lowest BCUT2D eigenvalue weighted by Gasteiger charge is -2.32. The summed E-state index contributed by atoms with van der Waals surface area (Å²) in [6, 6.07) is 5.66. The number of carbonyl (C=O) groups excluding carboxylic acids is 1. The first kappa shape index (κ1) is 16.2. The SMILES string of the molecule is Cc1nccc(C[C@H]2CCC[C@@H]3CN(C(=O)c4ccncc4)C[C@H]23)n1. The highest BCUT2D eigenvalue weighted by molar-refractivity contribution is 5.94. The molecule has 2 aromatic heterocycles. The number of fused-ring (bicyclic) bond motifs is 1. The van der Waals surface area contributed by atoms with E-state index in [1.54, 1.807) is 12.4 Å². The number of rotatable bonds is 3. The second kappa shape index (κ2) is 6.90. The van der Waals surface area contributed by atoms with Crippen molar-refractivity contribution < 1.29 is 4.79 Å². The van der Waals surface area contributed by atoms with Gasteiger partial charge in [-0.3, -0.25) is 9.78 Å². The summed E-state index contributed by atoms with van der Waals surface area (Å²) in [6.07, 6.45) is 9.97. The quantitative estimate of drug-likeness (QED) is 0.865. The van der Waals surface area contributed by atoms with Crippen LogP contribution in [0.4, 0.5) is 0 Å². The second-order valence-corrected chi connectivity index (χ2v) is 7.36. The molecule has 5 nitrogen and oxygen atoms in total. The molecule has 0 radical (unpaired) electrons. The third-order valence-electron chi connectivity index (χ3n) is 5.77. The van der Waals surface area contributed by atoms with Crippen molar-refractivity contribution in [3.8, 4) is 0 Å². The van der Waals surface area contributed by atoms with Gasteiger partial charge < -0.3 is 4.90 Å². The van der Waals surface area contributed by atoms with Gasteiger partial charge in [-0.05, 0) is 62.1 Å². The topological polar surface area (TPSA) is 59.0 Å². The van der Waals surface area contributed by atoms with E-state index in [2.05, 4.69) is 15.0 Å². The van der Waals surface area contributed by atoms with Gasteiger partial charge in [0.25, 0.3) is 5.91 Å². The molecular formula is C20H24N4O. The van der Waals surface area contributed by atoms with Crippen LogP contribution in [0.2, 0.25) is 0 Å². The third kappa shape index (κ3) is 3.41. The molecule has 1 amide bonds. The predicted molar refractivity (Wildman–Crippen MR) is 94.9 cm³/mol. The first-order chi connectivity index (χ1) is 12.2. The van der Waals surface area contributed by atoms with E-state index in [9.17, 15) is 4.79 Å². The number of aryl methyl sites for hydroxylation is 1. The Balaban J connectivity index is 1.47. The van der Waals surface area contributed by atoms with E-state index in [0.717, 1.165) is 36.6 Å². The molecule has 1 aliphatic heterocycles. The van der Waals surface area contributed by atoms with E-state index < -0.39 is 0 Å². The molecule has 0 unspecified atom stereocenters. The van der Waals surface area contributed by atoms with Gasteiger partial charge in [-0.2, -0.15) is 0 Å². The molecule has 2 fully saturated rings. The van der Waals surface area contributed by atoms with Crippen molar-refractivity contribution in [2.45, 2.75) is 32.6 Å². The van der Waals surface area contributed by atoms with Gasteiger partial charge in [-0.1, -0.05) is 6.42 Å². The van der Waals surface area contributed by atoms with Gasteiger partial charge in [0.1, 0.15) is 5.82 Å². The second-order valence-electron chi connectivity index (χ2n) is 7.36. The first-order valence-corrected chi connectivity index (χ1v) is 9.18. The van der Waals surface area contributed by atoms with Crippen molar-refractivity contribution in [3.05, 3.63) is 53.9 Å². The van der Waals surface area contributed by atoms with Gasteiger partial charge in [0.2, 0.25) is 0 Å². The maximum Gasteiger partial charge on any atom is 0.253 e. The lowest BCUT2D eigenvalue weighted by Crippen LogP contribution is -2.30. The fourth-order valence-electron chi connectivity index (χ4n) is 4.58. The summed E-state index contributed by atoms with van der Waals surface area (Å²) in [5.74, 6) is 2.82. The number of hydrogen-bond donors (Lipinski definition) is 0. The van der Waals surface area contributed by atoms with Crippen LogP contribution in [0.25, 0.3) is 0 Å². The number of amides is 1. The molecule has 0 spiro atoms. The molecule has 25 heavy (non-hydrogen) atoms. The van der Waals surface area contributed by atoms with Crippen LogP contribution in [-0.2, 0) is 6.42 Å². The van der Waals surface area contributed by atoms with Crippen LogP contribution >= 0.6 is 0 Å². The van der Waals surface area contributed by atoms with Crippen LogP contribution < -0.4 is 0 Å². The van der Waals surface area contributed by atoms with Crippen LogP contribution in [0.1, 0.15) is 41.1 Å². The lowest BCUT2D eigenvalue weighted by atomic mass is 9.72. The summed E-state index contributed by atoms with van der Waals surface area (Å²) >= 11 is 0. The van der Waals surface area contributed by atoms with Crippen molar-refractivity contribution in [1.29, 1.82) is 0 Å². The Morgan fingerprint density at radius 1 is 1.16 bits per heavy atom. The molecule has 0 aromatic carbocycles. The summed E-state index contributed by atoms with van der Waals surface area (Å²) in [5.41, 5.74) is 1.88. The Hall–Kier alpha value is -2.30. The highest BCUT2D eigenvalue weighted by Gasteiger charge is 2.41. The zero-order valence-corrected chi connectivity index (χ0v) is 14.6. The van der Waals surface area contributed by atoms with Crippen LogP contribution in [0, 0.1) is 24.7 Å². The predicted octanol–water partition coefficient (Wildman–Crippen LogP) is 2.91. The molecule has 2 aliphatic rings. The minimum absolute atomic E-state index is 0.147. The minimum atomic E-state index is 0.147. The van der Waals surface area contributed by atoms with Crippen molar-refractivity contribution in [3.63, 3.8) is 0 Å². The molecule has 5 heteroatoms. The van der Waals surface area contributed by atoms with E-state index in [1.165, 1.54) is 19.3 Å². The summed E-state index contributed by atoms with van der Waals surface area (Å²) in [5, 5.41) is 0.